The van der Waals surface area contributed by atoms with Crippen LogP contribution in [0.1, 0.15) is 30.0 Å². The van der Waals surface area contributed by atoms with E-state index in [4.69, 9.17) is 34.8 Å². The second-order valence-corrected chi connectivity index (χ2v) is 9.08. The van der Waals surface area contributed by atoms with Gasteiger partial charge in [0.25, 0.3) is 0 Å². The number of nitrogens with one attached hydrogen (secondary N) is 2. The lowest BCUT2D eigenvalue weighted by Crippen LogP contribution is -2.33. The van der Waals surface area contributed by atoms with E-state index >= 15 is 0 Å². The van der Waals surface area contributed by atoms with Gasteiger partial charge in [-0.05, 0) is 54.7 Å². The molecule has 0 saturated carbocycles. The highest BCUT2D eigenvalue weighted by molar-refractivity contribution is 6.31. The van der Waals surface area contributed by atoms with Crippen molar-refractivity contribution in [2.45, 2.75) is 44.1 Å². The molecular formula is C23H27Cl3N2O3. The first-order valence-electron chi connectivity index (χ1n) is 10.1. The Kier molecular flexibility index (Phi) is 10.6. The minimum atomic E-state index is -0.706. The van der Waals surface area contributed by atoms with Crippen LogP contribution < -0.4 is 10.6 Å². The van der Waals surface area contributed by atoms with Gasteiger partial charge < -0.3 is 15.7 Å². The Morgan fingerprint density at radius 3 is 2.16 bits per heavy atom. The van der Waals surface area contributed by atoms with Gasteiger partial charge in [-0.15, -0.1) is 11.6 Å². The lowest BCUT2D eigenvalue weighted by molar-refractivity contribution is -0.121. The summed E-state index contributed by atoms with van der Waals surface area (Å²) < 4.78 is 0. The second-order valence-electron chi connectivity index (χ2n) is 7.49. The standard InChI is InChI=1S/C23H27Cl3N2O3/c1-15(24)13-27-23(31)12-17-4-9-21(26)18(10-17)5-8-20(29)14-28-22(30)11-16-2-6-19(25)7-3-16/h2-4,6-7,9-10,15,20,29H,5,8,11-14H2,1H3,(H,27,31)(H,28,30). The van der Waals surface area contributed by atoms with Crippen molar-refractivity contribution in [1.29, 1.82) is 0 Å². The number of carbonyl (C=O) groups excluding carboxylic acids is 2. The first-order chi connectivity index (χ1) is 14.7. The zero-order valence-electron chi connectivity index (χ0n) is 17.3. The predicted octanol–water partition coefficient (Wildman–Crippen LogP) is 3.93. The van der Waals surface area contributed by atoms with E-state index in [2.05, 4.69) is 10.6 Å². The van der Waals surface area contributed by atoms with Crippen molar-refractivity contribution in [3.63, 3.8) is 0 Å². The number of amides is 2. The molecule has 0 aliphatic heterocycles. The Bertz CT molecular complexity index is 873. The third kappa shape index (κ3) is 9.92. The highest BCUT2D eigenvalue weighted by Crippen LogP contribution is 2.20. The third-order valence-electron chi connectivity index (χ3n) is 4.62. The molecule has 5 nitrogen and oxygen atoms in total. The number of aryl methyl sites for hydroxylation is 1. The van der Waals surface area contributed by atoms with Crippen LogP contribution >= 0.6 is 34.8 Å². The minimum Gasteiger partial charge on any atom is -0.391 e. The molecule has 2 atom stereocenters. The highest BCUT2D eigenvalue weighted by Gasteiger charge is 2.11. The molecule has 2 aromatic carbocycles. The van der Waals surface area contributed by atoms with Gasteiger partial charge in [0.15, 0.2) is 0 Å². The molecule has 0 saturated heterocycles. The third-order valence-corrected chi connectivity index (χ3v) is 5.39. The smallest absolute Gasteiger partial charge is 0.224 e. The van der Waals surface area contributed by atoms with E-state index in [0.717, 1.165) is 16.7 Å². The number of aliphatic hydroxyl groups is 1. The molecule has 2 amide bonds. The Balaban J connectivity index is 1.78. The maximum atomic E-state index is 12.1. The van der Waals surface area contributed by atoms with Crippen LogP contribution in [-0.2, 0) is 28.9 Å². The van der Waals surface area contributed by atoms with Crippen LogP contribution in [0.3, 0.4) is 0 Å². The van der Waals surface area contributed by atoms with Crippen LogP contribution in [0.2, 0.25) is 10.0 Å². The molecule has 0 spiro atoms. The summed E-state index contributed by atoms with van der Waals surface area (Å²) in [5.74, 6) is -0.275. The summed E-state index contributed by atoms with van der Waals surface area (Å²) in [5, 5.41) is 16.8. The summed E-state index contributed by atoms with van der Waals surface area (Å²) in [6.45, 7) is 2.38. The molecule has 2 aromatic rings. The molecule has 2 unspecified atom stereocenters. The number of carbonyl (C=O) groups is 2. The fourth-order valence-corrected chi connectivity index (χ4v) is 3.35. The summed E-state index contributed by atoms with van der Waals surface area (Å²) in [7, 11) is 0. The number of benzene rings is 2. The van der Waals surface area contributed by atoms with Crippen LogP contribution in [0.25, 0.3) is 0 Å². The molecule has 0 fully saturated rings. The first kappa shape index (κ1) is 25.5. The van der Waals surface area contributed by atoms with Crippen molar-refractivity contribution in [1.82, 2.24) is 10.6 Å². The van der Waals surface area contributed by atoms with E-state index in [1.807, 2.05) is 19.1 Å². The van der Waals surface area contributed by atoms with Crippen molar-refractivity contribution >= 4 is 46.6 Å². The summed E-state index contributed by atoms with van der Waals surface area (Å²) >= 11 is 18.0. The molecule has 0 bridgehead atoms. The maximum absolute atomic E-state index is 12.1. The van der Waals surface area contributed by atoms with E-state index in [0.29, 0.717) is 29.4 Å². The summed E-state index contributed by atoms with van der Waals surface area (Å²) in [4.78, 5) is 24.0. The summed E-state index contributed by atoms with van der Waals surface area (Å²) in [5.41, 5.74) is 2.54. The maximum Gasteiger partial charge on any atom is 0.224 e. The van der Waals surface area contributed by atoms with E-state index < -0.39 is 6.10 Å². The fourth-order valence-electron chi connectivity index (χ4n) is 2.94. The summed E-state index contributed by atoms with van der Waals surface area (Å²) in [6.07, 6.45) is 0.712. The van der Waals surface area contributed by atoms with E-state index in [1.54, 1.807) is 30.3 Å². The monoisotopic (exact) mass is 484 g/mol. The number of alkyl halides is 1. The van der Waals surface area contributed by atoms with E-state index in [1.165, 1.54) is 0 Å². The number of halogens is 3. The van der Waals surface area contributed by atoms with Crippen LogP contribution in [0, 0.1) is 0 Å². The van der Waals surface area contributed by atoms with Crippen LogP contribution in [0.15, 0.2) is 42.5 Å². The molecule has 0 heterocycles. The summed E-state index contributed by atoms with van der Waals surface area (Å²) in [6, 6.07) is 12.5. The molecule has 0 aromatic heterocycles. The van der Waals surface area contributed by atoms with Crippen molar-refractivity contribution in [2.75, 3.05) is 13.1 Å². The first-order valence-corrected chi connectivity index (χ1v) is 11.3. The molecule has 31 heavy (non-hydrogen) atoms. The zero-order valence-corrected chi connectivity index (χ0v) is 19.6. The molecule has 0 radical (unpaired) electrons. The van der Waals surface area contributed by atoms with E-state index in [-0.39, 0.29) is 36.6 Å². The lowest BCUT2D eigenvalue weighted by Gasteiger charge is -2.13. The normalized spacial score (nSPS) is 12.8. The van der Waals surface area contributed by atoms with Crippen LogP contribution in [0.5, 0.6) is 0 Å². The molecule has 0 aliphatic rings. The van der Waals surface area contributed by atoms with Gasteiger partial charge in [0.1, 0.15) is 0 Å². The minimum absolute atomic E-state index is 0.107. The number of rotatable bonds is 11. The molecule has 2 rings (SSSR count). The highest BCUT2D eigenvalue weighted by atomic mass is 35.5. The van der Waals surface area contributed by atoms with Crippen LogP contribution in [-0.4, -0.2) is 41.5 Å². The van der Waals surface area contributed by atoms with Gasteiger partial charge in [-0.25, -0.2) is 0 Å². The second kappa shape index (κ2) is 12.9. The number of hydrogen-bond acceptors (Lipinski definition) is 3. The largest absolute Gasteiger partial charge is 0.391 e. The topological polar surface area (TPSA) is 78.4 Å². The Morgan fingerprint density at radius 2 is 1.52 bits per heavy atom. The van der Waals surface area contributed by atoms with Crippen molar-refractivity contribution in [3.8, 4) is 0 Å². The molecule has 3 N–H and O–H groups in total. The number of hydrogen-bond donors (Lipinski definition) is 3. The molecule has 8 heteroatoms. The number of aliphatic hydroxyl groups excluding tert-OH is 1. The predicted molar refractivity (Wildman–Crippen MR) is 126 cm³/mol. The Labute approximate surface area is 198 Å². The quantitative estimate of drug-likeness (QED) is 0.422. The lowest BCUT2D eigenvalue weighted by atomic mass is 10.0. The molecular weight excluding hydrogens is 459 g/mol. The van der Waals surface area contributed by atoms with Gasteiger partial charge in [0.2, 0.25) is 11.8 Å². The Hall–Kier alpha value is -1.79. The van der Waals surface area contributed by atoms with Crippen molar-refractivity contribution in [3.05, 3.63) is 69.2 Å². The average Bonchev–Trinajstić information content (AvgIpc) is 2.72. The van der Waals surface area contributed by atoms with Gasteiger partial charge in [-0.1, -0.05) is 47.5 Å². The SMILES string of the molecule is CC(Cl)CNC(=O)Cc1ccc(Cl)c(CCC(O)CNC(=O)Cc2ccc(Cl)cc2)c1. The van der Waals surface area contributed by atoms with Gasteiger partial charge in [-0.3, -0.25) is 9.59 Å². The Morgan fingerprint density at radius 1 is 0.935 bits per heavy atom. The molecule has 168 valence electrons. The van der Waals surface area contributed by atoms with Gasteiger partial charge in [0.05, 0.1) is 18.9 Å². The average molecular weight is 486 g/mol. The van der Waals surface area contributed by atoms with Crippen molar-refractivity contribution < 1.29 is 14.7 Å². The van der Waals surface area contributed by atoms with Gasteiger partial charge in [-0.2, -0.15) is 0 Å². The van der Waals surface area contributed by atoms with Crippen LogP contribution in [0.4, 0.5) is 0 Å². The molecule has 0 aliphatic carbocycles. The zero-order chi connectivity index (χ0) is 22.8. The van der Waals surface area contributed by atoms with Gasteiger partial charge >= 0.3 is 0 Å². The van der Waals surface area contributed by atoms with E-state index in [9.17, 15) is 14.7 Å². The van der Waals surface area contributed by atoms with Crippen molar-refractivity contribution in [2.24, 2.45) is 0 Å². The fraction of sp³-hybridized carbons (Fsp3) is 0.391. The van der Waals surface area contributed by atoms with Gasteiger partial charge in [0, 0.05) is 28.5 Å².